The molecule has 3 nitrogen and oxygen atoms in total. The van der Waals surface area contributed by atoms with Crippen molar-refractivity contribution >= 4 is 23.3 Å². The maximum Gasteiger partial charge on any atom is 0.0928 e. The lowest BCUT2D eigenvalue weighted by Gasteiger charge is -2.19. The van der Waals surface area contributed by atoms with Crippen LogP contribution in [0.1, 0.15) is 32.8 Å². The van der Waals surface area contributed by atoms with Gasteiger partial charge in [0.2, 0.25) is 0 Å². The molecular weight excluding hydrogens is 280 g/mol. The molecule has 2 rings (SSSR count). The van der Waals surface area contributed by atoms with E-state index in [1.54, 1.807) is 11.9 Å². The second-order valence-corrected chi connectivity index (χ2v) is 6.15. The second kappa shape index (κ2) is 8.03. The van der Waals surface area contributed by atoms with Crippen molar-refractivity contribution in [2.45, 2.75) is 33.6 Å². The lowest BCUT2D eigenvalue weighted by molar-refractivity contribution is 0.231. The van der Waals surface area contributed by atoms with E-state index in [1.165, 1.54) is 29.0 Å². The quantitative estimate of drug-likeness (QED) is 0.442. The Morgan fingerprint density at radius 1 is 1.38 bits per heavy atom. The van der Waals surface area contributed by atoms with E-state index in [0.717, 1.165) is 18.0 Å². The van der Waals surface area contributed by atoms with Gasteiger partial charge in [-0.3, -0.25) is 0 Å². The molecule has 0 saturated heterocycles. The van der Waals surface area contributed by atoms with Gasteiger partial charge in [-0.15, -0.1) is 0 Å². The Kier molecular flexibility index (Phi) is 6.05. The summed E-state index contributed by atoms with van der Waals surface area (Å²) in [6.07, 6.45) is 6.47. The number of allylic oxidation sites excluding steroid dienone is 4. The molecule has 0 atom stereocenters. The molecule has 0 aliphatic carbocycles. The molecular formula is C17H24N2OS. The first kappa shape index (κ1) is 15.8. The lowest BCUT2D eigenvalue weighted by atomic mass is 10.0. The molecule has 1 aliphatic rings. The third-order valence-corrected chi connectivity index (χ3v) is 4.10. The standard InChI is InChI=1S/C17H24N2OS/c1-4-20-13(2)7-8-14(3)21-19-16-10-9-15-6-5-11-18-17(15)12-16/h7-10,12,18-19H,4-6,11H2,1-3H3/b13-7+,14-8+. The van der Waals surface area contributed by atoms with Gasteiger partial charge in [-0.1, -0.05) is 6.07 Å². The summed E-state index contributed by atoms with van der Waals surface area (Å²) >= 11 is 1.62. The van der Waals surface area contributed by atoms with Crippen LogP contribution in [-0.2, 0) is 11.2 Å². The Bertz CT molecular complexity index is 538. The largest absolute Gasteiger partial charge is 0.499 e. The van der Waals surface area contributed by atoms with Gasteiger partial charge in [0.05, 0.1) is 12.4 Å². The van der Waals surface area contributed by atoms with Crippen LogP contribution in [0.5, 0.6) is 0 Å². The number of aryl methyl sites for hydroxylation is 1. The van der Waals surface area contributed by atoms with Crippen molar-refractivity contribution in [2.24, 2.45) is 0 Å². The highest BCUT2D eigenvalue weighted by Gasteiger charge is 2.08. The van der Waals surface area contributed by atoms with Crippen LogP contribution >= 0.6 is 11.9 Å². The third kappa shape index (κ3) is 5.05. The normalized spacial score (nSPS) is 15.2. The van der Waals surface area contributed by atoms with Crippen LogP contribution in [0.25, 0.3) is 0 Å². The average Bonchev–Trinajstić information content (AvgIpc) is 2.51. The molecule has 0 unspecified atom stereocenters. The summed E-state index contributed by atoms with van der Waals surface area (Å²) in [7, 11) is 0. The summed E-state index contributed by atoms with van der Waals surface area (Å²) in [6.45, 7) is 7.84. The van der Waals surface area contributed by atoms with Crippen LogP contribution in [-0.4, -0.2) is 13.2 Å². The van der Waals surface area contributed by atoms with Crippen molar-refractivity contribution in [1.82, 2.24) is 0 Å². The van der Waals surface area contributed by atoms with E-state index in [4.69, 9.17) is 4.74 Å². The minimum Gasteiger partial charge on any atom is -0.499 e. The highest BCUT2D eigenvalue weighted by molar-refractivity contribution is 8.04. The van der Waals surface area contributed by atoms with Crippen molar-refractivity contribution < 1.29 is 4.74 Å². The summed E-state index contributed by atoms with van der Waals surface area (Å²) in [5.41, 5.74) is 3.81. The Morgan fingerprint density at radius 2 is 2.24 bits per heavy atom. The zero-order chi connectivity index (χ0) is 15.1. The predicted octanol–water partition coefficient (Wildman–Crippen LogP) is 4.95. The monoisotopic (exact) mass is 304 g/mol. The Morgan fingerprint density at radius 3 is 3.05 bits per heavy atom. The minimum atomic E-state index is 0.711. The molecule has 0 radical (unpaired) electrons. The first-order valence-electron chi connectivity index (χ1n) is 7.46. The number of anilines is 2. The van der Waals surface area contributed by atoms with Crippen LogP contribution in [0.3, 0.4) is 0 Å². The Labute approximate surface area is 132 Å². The van der Waals surface area contributed by atoms with Crippen molar-refractivity contribution in [3.8, 4) is 0 Å². The predicted molar refractivity (Wildman–Crippen MR) is 93.6 cm³/mol. The average molecular weight is 304 g/mol. The summed E-state index contributed by atoms with van der Waals surface area (Å²) < 4.78 is 8.78. The van der Waals surface area contributed by atoms with Crippen LogP contribution in [0, 0.1) is 0 Å². The highest BCUT2D eigenvalue weighted by atomic mass is 32.2. The third-order valence-electron chi connectivity index (χ3n) is 3.30. The van der Waals surface area contributed by atoms with E-state index < -0.39 is 0 Å². The fraction of sp³-hybridized carbons (Fsp3) is 0.412. The van der Waals surface area contributed by atoms with Crippen LogP contribution < -0.4 is 10.0 Å². The lowest BCUT2D eigenvalue weighted by Crippen LogP contribution is -2.11. The molecule has 1 aliphatic heterocycles. The van der Waals surface area contributed by atoms with Crippen molar-refractivity contribution in [3.63, 3.8) is 0 Å². The summed E-state index contributed by atoms with van der Waals surface area (Å²) in [6, 6.07) is 6.55. The summed E-state index contributed by atoms with van der Waals surface area (Å²) in [5.74, 6) is 0.940. The zero-order valence-corrected chi connectivity index (χ0v) is 13.8. The molecule has 1 heterocycles. The Hall–Kier alpha value is -1.55. The number of benzene rings is 1. The first-order valence-corrected chi connectivity index (χ1v) is 8.28. The molecule has 1 aromatic rings. The topological polar surface area (TPSA) is 33.3 Å². The SMILES string of the molecule is CCO/C(C)=C/C=C(\C)SNc1ccc2c(c1)NCCC2. The van der Waals surface area contributed by atoms with E-state index >= 15 is 0 Å². The molecule has 0 amide bonds. The number of hydrogen-bond acceptors (Lipinski definition) is 4. The van der Waals surface area contributed by atoms with E-state index in [9.17, 15) is 0 Å². The fourth-order valence-corrected chi connectivity index (χ4v) is 2.75. The van der Waals surface area contributed by atoms with Crippen molar-refractivity contribution in [1.29, 1.82) is 0 Å². The van der Waals surface area contributed by atoms with Gasteiger partial charge in [0.25, 0.3) is 0 Å². The van der Waals surface area contributed by atoms with E-state index in [1.807, 2.05) is 19.9 Å². The molecule has 0 aromatic heterocycles. The van der Waals surface area contributed by atoms with Gasteiger partial charge in [-0.2, -0.15) is 0 Å². The van der Waals surface area contributed by atoms with E-state index in [-0.39, 0.29) is 0 Å². The number of rotatable bonds is 6. The van der Waals surface area contributed by atoms with E-state index in [0.29, 0.717) is 6.61 Å². The molecule has 114 valence electrons. The van der Waals surface area contributed by atoms with Gasteiger partial charge in [-0.25, -0.2) is 0 Å². The van der Waals surface area contributed by atoms with E-state index in [2.05, 4.69) is 41.2 Å². The van der Waals surface area contributed by atoms with Gasteiger partial charge < -0.3 is 14.8 Å². The molecule has 1 aromatic carbocycles. The van der Waals surface area contributed by atoms with Crippen molar-refractivity contribution in [3.05, 3.63) is 46.6 Å². The van der Waals surface area contributed by atoms with Crippen LogP contribution in [0.4, 0.5) is 11.4 Å². The van der Waals surface area contributed by atoms with Crippen LogP contribution in [0.15, 0.2) is 41.0 Å². The van der Waals surface area contributed by atoms with Crippen LogP contribution in [0.2, 0.25) is 0 Å². The second-order valence-electron chi connectivity index (χ2n) is 5.09. The minimum absolute atomic E-state index is 0.711. The zero-order valence-electron chi connectivity index (χ0n) is 13.0. The molecule has 21 heavy (non-hydrogen) atoms. The smallest absolute Gasteiger partial charge is 0.0928 e. The van der Waals surface area contributed by atoms with Gasteiger partial charge >= 0.3 is 0 Å². The van der Waals surface area contributed by atoms with Gasteiger partial charge in [0.1, 0.15) is 0 Å². The first-order chi connectivity index (χ1) is 10.2. The van der Waals surface area contributed by atoms with Gasteiger partial charge in [0, 0.05) is 22.8 Å². The number of ether oxygens (including phenoxy) is 1. The maximum absolute atomic E-state index is 5.40. The molecule has 2 N–H and O–H groups in total. The molecule has 0 bridgehead atoms. The Balaban J connectivity index is 1.90. The molecule has 0 fully saturated rings. The molecule has 0 spiro atoms. The summed E-state index contributed by atoms with van der Waals surface area (Å²) in [4.78, 5) is 1.19. The summed E-state index contributed by atoms with van der Waals surface area (Å²) in [5, 5.41) is 3.45. The van der Waals surface area contributed by atoms with Gasteiger partial charge in [0.15, 0.2) is 0 Å². The van der Waals surface area contributed by atoms with Gasteiger partial charge in [-0.05, 0) is 75.4 Å². The fourth-order valence-electron chi connectivity index (χ4n) is 2.21. The molecule has 0 saturated carbocycles. The number of fused-ring (bicyclic) bond motifs is 1. The van der Waals surface area contributed by atoms with Crippen molar-refractivity contribution in [2.75, 3.05) is 23.2 Å². The molecule has 4 heteroatoms. The highest BCUT2D eigenvalue weighted by Crippen LogP contribution is 2.28. The maximum atomic E-state index is 5.40. The number of hydrogen-bond donors (Lipinski definition) is 2. The number of nitrogens with one attached hydrogen (secondary N) is 2.